The van der Waals surface area contributed by atoms with Gasteiger partial charge in [-0.1, -0.05) is 72.4 Å². The van der Waals surface area contributed by atoms with E-state index in [-0.39, 0.29) is 11.7 Å². The van der Waals surface area contributed by atoms with Crippen LogP contribution in [0.1, 0.15) is 28.2 Å². The molecule has 0 aliphatic heterocycles. The topological polar surface area (TPSA) is 69.9 Å². The first-order valence-electron chi connectivity index (χ1n) is 9.80. The molecule has 0 bridgehead atoms. The summed E-state index contributed by atoms with van der Waals surface area (Å²) in [5.41, 5.74) is 3.38. The highest BCUT2D eigenvalue weighted by molar-refractivity contribution is 8.00. The Morgan fingerprint density at radius 3 is 2.27 bits per heavy atom. The highest BCUT2D eigenvalue weighted by Crippen LogP contribution is 2.23. The number of aryl methyl sites for hydroxylation is 2. The standard InChI is InChI=1S/C24H24N4OS/c1-18-22(15-25)24(27-19(2)26-18)30-17-23(29)28(16-21-11-7-4-8-12-21)14-13-20-9-5-3-6-10-20/h3-12H,13-14,16-17H2,1-2H3. The molecule has 0 saturated heterocycles. The molecule has 0 fully saturated rings. The first kappa shape index (κ1) is 21.5. The van der Waals surface area contributed by atoms with Crippen LogP contribution in [0.15, 0.2) is 65.7 Å². The quantitative estimate of drug-likeness (QED) is 0.404. The van der Waals surface area contributed by atoms with Crippen LogP contribution in [-0.2, 0) is 17.8 Å². The molecular formula is C24H24N4OS. The van der Waals surface area contributed by atoms with Crippen molar-refractivity contribution in [2.45, 2.75) is 31.8 Å². The lowest BCUT2D eigenvalue weighted by Crippen LogP contribution is -2.33. The van der Waals surface area contributed by atoms with E-state index < -0.39 is 0 Å². The van der Waals surface area contributed by atoms with Crippen LogP contribution < -0.4 is 0 Å². The molecule has 2 aromatic carbocycles. The molecule has 0 saturated carbocycles. The molecule has 30 heavy (non-hydrogen) atoms. The number of nitrogens with zero attached hydrogens (tertiary/aromatic N) is 4. The fourth-order valence-electron chi connectivity index (χ4n) is 3.14. The third kappa shape index (κ3) is 5.91. The second-order valence-corrected chi connectivity index (χ2v) is 7.94. The van der Waals surface area contributed by atoms with Crippen molar-refractivity contribution >= 4 is 17.7 Å². The Bertz CT molecular complexity index is 1030. The van der Waals surface area contributed by atoms with E-state index in [1.807, 2.05) is 53.4 Å². The molecule has 3 aromatic rings. The minimum absolute atomic E-state index is 0.0255. The molecule has 1 heterocycles. The lowest BCUT2D eigenvalue weighted by atomic mass is 10.1. The summed E-state index contributed by atoms with van der Waals surface area (Å²) >= 11 is 1.30. The molecule has 5 nitrogen and oxygen atoms in total. The molecular weight excluding hydrogens is 392 g/mol. The van der Waals surface area contributed by atoms with E-state index in [1.54, 1.807) is 13.8 Å². The maximum atomic E-state index is 13.1. The number of hydrogen-bond acceptors (Lipinski definition) is 5. The molecule has 1 amide bonds. The van der Waals surface area contributed by atoms with E-state index in [2.05, 4.69) is 28.2 Å². The summed E-state index contributed by atoms with van der Waals surface area (Å²) < 4.78 is 0. The number of thioether (sulfide) groups is 1. The summed E-state index contributed by atoms with van der Waals surface area (Å²) in [6, 6.07) is 22.3. The van der Waals surface area contributed by atoms with Gasteiger partial charge in [0.05, 0.1) is 11.4 Å². The normalized spacial score (nSPS) is 10.4. The predicted molar refractivity (Wildman–Crippen MR) is 119 cm³/mol. The van der Waals surface area contributed by atoms with Crippen molar-refractivity contribution in [3.63, 3.8) is 0 Å². The maximum Gasteiger partial charge on any atom is 0.233 e. The largest absolute Gasteiger partial charge is 0.337 e. The van der Waals surface area contributed by atoms with Crippen molar-refractivity contribution in [1.82, 2.24) is 14.9 Å². The fraction of sp³-hybridized carbons (Fsp3) is 0.250. The Hall–Kier alpha value is -3.17. The SMILES string of the molecule is Cc1nc(C)c(C#N)c(SCC(=O)N(CCc2ccccc2)Cc2ccccc2)n1. The van der Waals surface area contributed by atoms with Crippen LogP contribution in [-0.4, -0.2) is 33.1 Å². The van der Waals surface area contributed by atoms with Crippen molar-refractivity contribution in [2.24, 2.45) is 0 Å². The van der Waals surface area contributed by atoms with Crippen LogP contribution in [0.2, 0.25) is 0 Å². The summed E-state index contributed by atoms with van der Waals surface area (Å²) in [6.45, 7) is 4.77. The minimum atomic E-state index is 0.0255. The summed E-state index contributed by atoms with van der Waals surface area (Å²) in [4.78, 5) is 23.6. The summed E-state index contributed by atoms with van der Waals surface area (Å²) in [7, 11) is 0. The highest BCUT2D eigenvalue weighted by atomic mass is 32.2. The number of benzene rings is 2. The average Bonchev–Trinajstić information content (AvgIpc) is 2.76. The lowest BCUT2D eigenvalue weighted by molar-refractivity contribution is -0.128. The zero-order valence-electron chi connectivity index (χ0n) is 17.2. The Kier molecular flexibility index (Phi) is 7.58. The number of hydrogen-bond donors (Lipinski definition) is 0. The lowest BCUT2D eigenvalue weighted by Gasteiger charge is -2.23. The molecule has 0 aliphatic rings. The van der Waals surface area contributed by atoms with Gasteiger partial charge in [-0.05, 0) is 31.4 Å². The molecule has 152 valence electrons. The highest BCUT2D eigenvalue weighted by Gasteiger charge is 2.17. The third-order valence-corrected chi connectivity index (χ3v) is 5.66. The van der Waals surface area contributed by atoms with Gasteiger partial charge in [0.25, 0.3) is 0 Å². The maximum absolute atomic E-state index is 13.1. The number of carbonyl (C=O) groups excluding carboxylic acids is 1. The van der Waals surface area contributed by atoms with E-state index in [4.69, 9.17) is 0 Å². The smallest absolute Gasteiger partial charge is 0.233 e. The Labute approximate surface area is 181 Å². The summed E-state index contributed by atoms with van der Waals surface area (Å²) in [5.74, 6) is 0.857. The molecule has 0 unspecified atom stereocenters. The predicted octanol–water partition coefficient (Wildman–Crippen LogP) is 4.33. The van der Waals surface area contributed by atoms with E-state index in [0.29, 0.717) is 35.2 Å². The number of carbonyl (C=O) groups is 1. The van der Waals surface area contributed by atoms with Crippen LogP contribution in [0.5, 0.6) is 0 Å². The Morgan fingerprint density at radius 2 is 1.63 bits per heavy atom. The number of nitriles is 1. The second-order valence-electron chi connectivity index (χ2n) is 6.97. The van der Waals surface area contributed by atoms with E-state index in [1.165, 1.54) is 17.3 Å². The summed E-state index contributed by atoms with van der Waals surface area (Å²) in [6.07, 6.45) is 0.791. The van der Waals surface area contributed by atoms with Crippen molar-refractivity contribution in [3.05, 3.63) is 88.9 Å². The van der Waals surface area contributed by atoms with Crippen LogP contribution in [0.4, 0.5) is 0 Å². The van der Waals surface area contributed by atoms with Crippen LogP contribution in [0, 0.1) is 25.2 Å². The van der Waals surface area contributed by atoms with Gasteiger partial charge in [0, 0.05) is 13.1 Å². The number of rotatable bonds is 8. The molecule has 0 atom stereocenters. The molecule has 0 N–H and O–H groups in total. The molecule has 1 aromatic heterocycles. The van der Waals surface area contributed by atoms with Crippen molar-refractivity contribution in [2.75, 3.05) is 12.3 Å². The first-order valence-corrected chi connectivity index (χ1v) is 10.8. The van der Waals surface area contributed by atoms with Gasteiger partial charge in [-0.25, -0.2) is 9.97 Å². The van der Waals surface area contributed by atoms with Gasteiger partial charge < -0.3 is 4.90 Å². The monoisotopic (exact) mass is 416 g/mol. The summed E-state index contributed by atoms with van der Waals surface area (Å²) in [5, 5.41) is 10.00. The zero-order valence-corrected chi connectivity index (χ0v) is 18.0. The van der Waals surface area contributed by atoms with Crippen molar-refractivity contribution < 1.29 is 4.79 Å². The van der Waals surface area contributed by atoms with E-state index in [0.717, 1.165) is 12.0 Å². The Morgan fingerprint density at radius 1 is 1.00 bits per heavy atom. The number of amides is 1. The van der Waals surface area contributed by atoms with Crippen molar-refractivity contribution in [1.29, 1.82) is 5.26 Å². The first-order chi connectivity index (χ1) is 14.6. The van der Waals surface area contributed by atoms with E-state index >= 15 is 0 Å². The van der Waals surface area contributed by atoms with Gasteiger partial charge in [0.2, 0.25) is 5.91 Å². The molecule has 6 heteroatoms. The fourth-order valence-corrected chi connectivity index (χ4v) is 4.12. The van der Waals surface area contributed by atoms with Gasteiger partial charge in [0.1, 0.15) is 22.5 Å². The van der Waals surface area contributed by atoms with Gasteiger partial charge in [-0.3, -0.25) is 4.79 Å². The van der Waals surface area contributed by atoms with Crippen LogP contribution in [0.3, 0.4) is 0 Å². The molecule has 0 aliphatic carbocycles. The Balaban J connectivity index is 1.72. The third-order valence-electron chi connectivity index (χ3n) is 4.69. The molecule has 3 rings (SSSR count). The van der Waals surface area contributed by atoms with Gasteiger partial charge in [-0.15, -0.1) is 0 Å². The van der Waals surface area contributed by atoms with Gasteiger partial charge in [0.15, 0.2) is 0 Å². The number of aromatic nitrogens is 2. The van der Waals surface area contributed by atoms with Gasteiger partial charge >= 0.3 is 0 Å². The van der Waals surface area contributed by atoms with Crippen LogP contribution >= 0.6 is 11.8 Å². The molecule has 0 radical (unpaired) electrons. The molecule has 0 spiro atoms. The zero-order chi connectivity index (χ0) is 21.3. The second kappa shape index (κ2) is 10.6. The minimum Gasteiger partial charge on any atom is -0.337 e. The van der Waals surface area contributed by atoms with Crippen molar-refractivity contribution in [3.8, 4) is 6.07 Å². The van der Waals surface area contributed by atoms with Crippen LogP contribution in [0.25, 0.3) is 0 Å². The average molecular weight is 417 g/mol. The van der Waals surface area contributed by atoms with E-state index in [9.17, 15) is 10.1 Å². The van der Waals surface area contributed by atoms with Gasteiger partial charge in [-0.2, -0.15) is 5.26 Å².